The van der Waals surface area contributed by atoms with Gasteiger partial charge in [-0.3, -0.25) is 19.6 Å². The summed E-state index contributed by atoms with van der Waals surface area (Å²) in [6.07, 6.45) is 4.66. The van der Waals surface area contributed by atoms with Gasteiger partial charge in [0.15, 0.2) is 0 Å². The number of rotatable bonds is 4. The van der Waals surface area contributed by atoms with Crippen molar-refractivity contribution in [2.45, 2.75) is 51.6 Å². The van der Waals surface area contributed by atoms with Crippen LogP contribution in [0, 0.1) is 24.7 Å². The first-order valence-electron chi connectivity index (χ1n) is 10.2. The fraction of sp³-hybridized carbons (Fsp3) is 0.636. The van der Waals surface area contributed by atoms with Crippen LogP contribution >= 0.6 is 0 Å². The molecule has 1 spiro atoms. The third-order valence-corrected chi connectivity index (χ3v) is 7.19. The Labute approximate surface area is 156 Å². The highest BCUT2D eigenvalue weighted by atomic mass is 16.2. The molecule has 2 aliphatic carbocycles. The number of fused-ring (bicyclic) bond motifs is 2. The normalized spacial score (nSPS) is 34.0. The van der Waals surface area contributed by atoms with Gasteiger partial charge in [-0.2, -0.15) is 0 Å². The lowest BCUT2D eigenvalue weighted by atomic mass is 9.85. The third-order valence-electron chi connectivity index (χ3n) is 7.19. The summed E-state index contributed by atoms with van der Waals surface area (Å²) in [7, 11) is 0. The number of carbonyl (C=O) groups is 1. The molecular weight excluding hydrogens is 322 g/mol. The minimum absolute atomic E-state index is 0.312. The number of aliphatic imine (C=N–C) groups is 1. The summed E-state index contributed by atoms with van der Waals surface area (Å²) in [5, 5.41) is 0. The van der Waals surface area contributed by atoms with Crippen LogP contribution in [0.25, 0.3) is 0 Å². The summed E-state index contributed by atoms with van der Waals surface area (Å²) < 4.78 is 0. The van der Waals surface area contributed by atoms with E-state index in [1.165, 1.54) is 24.0 Å². The fourth-order valence-electron chi connectivity index (χ4n) is 5.50. The van der Waals surface area contributed by atoms with Crippen molar-refractivity contribution in [3.05, 3.63) is 35.4 Å². The summed E-state index contributed by atoms with van der Waals surface area (Å²) in [4.78, 5) is 23.0. The van der Waals surface area contributed by atoms with Crippen LogP contribution in [0.15, 0.2) is 29.3 Å². The molecule has 0 radical (unpaired) electrons. The molecule has 26 heavy (non-hydrogen) atoms. The van der Waals surface area contributed by atoms with Crippen molar-refractivity contribution in [1.82, 2.24) is 9.80 Å². The van der Waals surface area contributed by atoms with E-state index in [1.807, 2.05) is 11.8 Å². The number of amides is 1. The van der Waals surface area contributed by atoms with Crippen LogP contribution in [0.3, 0.4) is 0 Å². The van der Waals surface area contributed by atoms with Gasteiger partial charge in [0.1, 0.15) is 11.4 Å². The predicted molar refractivity (Wildman–Crippen MR) is 103 cm³/mol. The van der Waals surface area contributed by atoms with Gasteiger partial charge in [0.05, 0.1) is 0 Å². The Morgan fingerprint density at radius 2 is 1.96 bits per heavy atom. The molecule has 0 N–H and O–H groups in total. The van der Waals surface area contributed by atoms with Gasteiger partial charge in [0, 0.05) is 32.1 Å². The summed E-state index contributed by atoms with van der Waals surface area (Å²) in [6.45, 7) is 8.27. The number of aryl methyl sites for hydroxylation is 1. The van der Waals surface area contributed by atoms with Crippen LogP contribution in [-0.4, -0.2) is 46.7 Å². The van der Waals surface area contributed by atoms with Crippen molar-refractivity contribution in [1.29, 1.82) is 0 Å². The van der Waals surface area contributed by atoms with Gasteiger partial charge in [-0.05, 0) is 62.5 Å². The number of benzene rings is 1. The van der Waals surface area contributed by atoms with Crippen LogP contribution in [0.1, 0.15) is 43.7 Å². The van der Waals surface area contributed by atoms with E-state index in [2.05, 4.69) is 36.1 Å². The van der Waals surface area contributed by atoms with Crippen LogP contribution < -0.4 is 0 Å². The van der Waals surface area contributed by atoms with Crippen molar-refractivity contribution >= 4 is 11.7 Å². The number of nitrogens with zero attached hydrogens (tertiary/aromatic N) is 3. The lowest BCUT2D eigenvalue weighted by molar-refractivity contribution is -0.132. The second-order valence-electron chi connectivity index (χ2n) is 8.97. The zero-order valence-electron chi connectivity index (χ0n) is 15.9. The molecule has 1 amide bonds. The number of hydrogen-bond acceptors (Lipinski definition) is 3. The molecule has 3 atom stereocenters. The average Bonchev–Trinajstić information content (AvgIpc) is 3.19. The Kier molecular flexibility index (Phi) is 3.75. The molecule has 1 saturated heterocycles. The molecule has 2 aliphatic heterocycles. The number of carbonyl (C=O) groups excluding carboxylic acids is 1. The van der Waals surface area contributed by atoms with Crippen LogP contribution in [0.4, 0.5) is 0 Å². The van der Waals surface area contributed by atoms with E-state index in [0.717, 1.165) is 50.8 Å². The van der Waals surface area contributed by atoms with Gasteiger partial charge in [-0.15, -0.1) is 0 Å². The van der Waals surface area contributed by atoms with E-state index in [-0.39, 0.29) is 0 Å². The Morgan fingerprint density at radius 3 is 2.73 bits per heavy atom. The smallest absolute Gasteiger partial charge is 0.256 e. The second kappa shape index (κ2) is 5.91. The van der Waals surface area contributed by atoms with Gasteiger partial charge in [0.2, 0.25) is 0 Å². The molecule has 1 aromatic carbocycles. The van der Waals surface area contributed by atoms with Crippen molar-refractivity contribution in [2.24, 2.45) is 22.7 Å². The maximum Gasteiger partial charge on any atom is 0.256 e. The molecule has 0 unspecified atom stereocenters. The van der Waals surface area contributed by atoms with Crippen molar-refractivity contribution in [3.63, 3.8) is 0 Å². The first kappa shape index (κ1) is 16.5. The highest BCUT2D eigenvalue weighted by molar-refractivity contribution is 6.07. The van der Waals surface area contributed by atoms with Crippen molar-refractivity contribution < 1.29 is 4.79 Å². The maximum atomic E-state index is 13.4. The van der Waals surface area contributed by atoms with Gasteiger partial charge >= 0.3 is 0 Å². The Hall–Kier alpha value is -1.68. The summed E-state index contributed by atoms with van der Waals surface area (Å²) in [5.74, 6) is 3.03. The molecule has 3 fully saturated rings. The SMILES string of the molecule is CC1=N[C@@]2(CC[C@@H]3CN(Cc4ccccc4C)C[C@@H]32)C(=O)N1CC1CC1. The molecule has 0 aromatic heterocycles. The summed E-state index contributed by atoms with van der Waals surface area (Å²) in [6, 6.07) is 8.66. The van der Waals surface area contributed by atoms with Crippen LogP contribution in [0.2, 0.25) is 0 Å². The minimum Gasteiger partial charge on any atom is -0.298 e. The van der Waals surface area contributed by atoms with E-state index < -0.39 is 5.54 Å². The molecule has 5 rings (SSSR count). The molecule has 4 nitrogen and oxygen atoms in total. The quantitative estimate of drug-likeness (QED) is 0.835. The van der Waals surface area contributed by atoms with Gasteiger partial charge in [-0.1, -0.05) is 24.3 Å². The molecule has 2 saturated carbocycles. The van der Waals surface area contributed by atoms with E-state index >= 15 is 0 Å². The number of hydrogen-bond donors (Lipinski definition) is 0. The molecule has 4 heteroatoms. The monoisotopic (exact) mass is 351 g/mol. The van der Waals surface area contributed by atoms with Crippen LogP contribution in [0.5, 0.6) is 0 Å². The van der Waals surface area contributed by atoms with E-state index in [9.17, 15) is 4.79 Å². The molecule has 0 bridgehead atoms. The zero-order valence-corrected chi connectivity index (χ0v) is 15.9. The minimum atomic E-state index is -0.440. The van der Waals surface area contributed by atoms with E-state index in [0.29, 0.717) is 17.7 Å². The highest BCUT2D eigenvalue weighted by Gasteiger charge is 2.60. The summed E-state index contributed by atoms with van der Waals surface area (Å²) >= 11 is 0. The molecular formula is C22H29N3O. The van der Waals surface area contributed by atoms with Gasteiger partial charge < -0.3 is 0 Å². The van der Waals surface area contributed by atoms with E-state index in [1.54, 1.807) is 0 Å². The second-order valence-corrected chi connectivity index (χ2v) is 8.97. The number of amidine groups is 1. The third kappa shape index (κ3) is 2.53. The van der Waals surface area contributed by atoms with Gasteiger partial charge in [0.25, 0.3) is 5.91 Å². The first-order chi connectivity index (χ1) is 12.6. The Morgan fingerprint density at radius 1 is 1.15 bits per heavy atom. The standard InChI is InChI=1S/C22H29N3O/c1-15-5-3-4-6-18(15)12-24-13-19-9-10-22(20(19)14-24)21(26)25(16(2)23-22)11-17-7-8-17/h3-6,17,19-20H,7-14H2,1-2H3/t19-,20+,22-/m1/s1. The van der Waals surface area contributed by atoms with Crippen molar-refractivity contribution in [3.8, 4) is 0 Å². The maximum absolute atomic E-state index is 13.4. The van der Waals surface area contributed by atoms with Gasteiger partial charge in [-0.25, -0.2) is 0 Å². The van der Waals surface area contributed by atoms with E-state index in [4.69, 9.17) is 4.99 Å². The molecule has 1 aromatic rings. The Bertz CT molecular complexity index is 768. The van der Waals surface area contributed by atoms with Crippen LogP contribution in [-0.2, 0) is 11.3 Å². The molecule has 138 valence electrons. The highest BCUT2D eigenvalue weighted by Crippen LogP contribution is 2.51. The fourth-order valence-corrected chi connectivity index (χ4v) is 5.50. The Balaban J connectivity index is 1.34. The molecule has 2 heterocycles. The first-order valence-corrected chi connectivity index (χ1v) is 10.2. The number of likely N-dealkylation sites (tertiary alicyclic amines) is 1. The van der Waals surface area contributed by atoms with Crippen molar-refractivity contribution in [2.75, 3.05) is 19.6 Å². The largest absolute Gasteiger partial charge is 0.298 e. The lowest BCUT2D eigenvalue weighted by Crippen LogP contribution is -2.47. The predicted octanol–water partition coefficient (Wildman–Crippen LogP) is 3.25. The lowest BCUT2D eigenvalue weighted by Gasteiger charge is -2.28. The zero-order chi connectivity index (χ0) is 17.9. The average molecular weight is 351 g/mol. The summed E-state index contributed by atoms with van der Waals surface area (Å²) in [5.41, 5.74) is 2.33. The topological polar surface area (TPSA) is 35.9 Å². The molecule has 4 aliphatic rings.